The van der Waals surface area contributed by atoms with Crippen LogP contribution in [0.3, 0.4) is 0 Å². The number of halogens is 1. The molecule has 1 aromatic carbocycles. The third kappa shape index (κ3) is 5.89. The number of H-pyrrole nitrogens is 1. The van der Waals surface area contributed by atoms with E-state index in [1.807, 2.05) is 32.6 Å². The van der Waals surface area contributed by atoms with Gasteiger partial charge in [0.05, 0.1) is 23.9 Å². The van der Waals surface area contributed by atoms with Gasteiger partial charge in [-0.25, -0.2) is 19.0 Å². The lowest BCUT2D eigenvalue weighted by molar-refractivity contribution is 0.0447. The van der Waals surface area contributed by atoms with E-state index in [-0.39, 0.29) is 11.7 Å². The van der Waals surface area contributed by atoms with Crippen molar-refractivity contribution in [3.8, 4) is 0 Å². The number of hydrogen-bond acceptors (Lipinski definition) is 9. The van der Waals surface area contributed by atoms with Crippen LogP contribution in [0, 0.1) is 5.82 Å². The minimum atomic E-state index is -0.579. The van der Waals surface area contributed by atoms with Gasteiger partial charge in [0.2, 0.25) is 5.95 Å². The zero-order chi connectivity index (χ0) is 27.9. The first-order valence-electron chi connectivity index (χ1n) is 13.1. The Balaban J connectivity index is 1.41. The summed E-state index contributed by atoms with van der Waals surface area (Å²) in [4.78, 5) is 36.0. The van der Waals surface area contributed by atoms with Gasteiger partial charge in [-0.2, -0.15) is 10.1 Å². The Bertz CT molecular complexity index is 1410. The Morgan fingerprint density at radius 2 is 1.87 bits per heavy atom. The summed E-state index contributed by atoms with van der Waals surface area (Å²) in [7, 11) is 1.31. The number of nitrogens with zero attached hydrogens (tertiary/aromatic N) is 4. The first-order chi connectivity index (χ1) is 18.4. The van der Waals surface area contributed by atoms with Crippen molar-refractivity contribution in [2.24, 2.45) is 0 Å². The number of benzene rings is 1. The molecule has 208 valence electrons. The Morgan fingerprint density at radius 1 is 1.15 bits per heavy atom. The number of aromatic amines is 1. The van der Waals surface area contributed by atoms with Crippen LogP contribution in [0.4, 0.5) is 26.8 Å². The molecule has 12 heteroatoms. The van der Waals surface area contributed by atoms with Gasteiger partial charge in [-0.3, -0.25) is 5.10 Å². The SMILES string of the molecule is COC(=O)c1ccc2nc(N3CCC(C)(NC(=O)OC(C)(C)C)CC3)nc(Nc3n[nH]c(C4CC4)c3F)c2c1. The third-order valence-electron chi connectivity index (χ3n) is 7.01. The van der Waals surface area contributed by atoms with Crippen LogP contribution >= 0.6 is 0 Å². The van der Waals surface area contributed by atoms with Crippen molar-refractivity contribution in [3.05, 3.63) is 35.3 Å². The van der Waals surface area contributed by atoms with Crippen LogP contribution in [0.2, 0.25) is 0 Å². The van der Waals surface area contributed by atoms with Crippen molar-refractivity contribution in [2.75, 3.05) is 30.4 Å². The van der Waals surface area contributed by atoms with Gasteiger partial charge in [-0.15, -0.1) is 0 Å². The molecule has 2 aromatic heterocycles. The number of esters is 1. The molecule has 1 aliphatic carbocycles. The maximum absolute atomic E-state index is 15.1. The lowest BCUT2D eigenvalue weighted by atomic mass is 9.90. The molecule has 0 atom stereocenters. The third-order valence-corrected chi connectivity index (χ3v) is 7.01. The Labute approximate surface area is 225 Å². The van der Waals surface area contributed by atoms with E-state index in [0.29, 0.717) is 59.9 Å². The number of carbonyl (C=O) groups excluding carboxylic acids is 2. The summed E-state index contributed by atoms with van der Waals surface area (Å²) in [6.07, 6.45) is 2.71. The van der Waals surface area contributed by atoms with E-state index < -0.39 is 29.0 Å². The number of carbonyl (C=O) groups is 2. The van der Waals surface area contributed by atoms with Gasteiger partial charge in [0.25, 0.3) is 0 Å². The molecule has 1 saturated carbocycles. The quantitative estimate of drug-likeness (QED) is 0.378. The number of amides is 1. The van der Waals surface area contributed by atoms with E-state index in [4.69, 9.17) is 19.4 Å². The smallest absolute Gasteiger partial charge is 0.408 e. The number of aromatic nitrogens is 4. The molecule has 1 saturated heterocycles. The molecule has 1 aliphatic heterocycles. The van der Waals surface area contributed by atoms with Gasteiger partial charge in [0, 0.05) is 29.9 Å². The van der Waals surface area contributed by atoms with Crippen LogP contribution < -0.4 is 15.5 Å². The summed E-state index contributed by atoms with van der Waals surface area (Å²) in [5.41, 5.74) is 0.369. The van der Waals surface area contributed by atoms with Crippen molar-refractivity contribution < 1.29 is 23.5 Å². The highest BCUT2D eigenvalue weighted by atomic mass is 19.1. The van der Waals surface area contributed by atoms with E-state index in [9.17, 15) is 9.59 Å². The second-order valence-corrected chi connectivity index (χ2v) is 11.5. The molecule has 0 radical (unpaired) electrons. The molecule has 39 heavy (non-hydrogen) atoms. The van der Waals surface area contributed by atoms with Crippen LogP contribution in [0.5, 0.6) is 0 Å². The van der Waals surface area contributed by atoms with E-state index in [1.54, 1.807) is 18.2 Å². The molecular weight excluding hydrogens is 505 g/mol. The van der Waals surface area contributed by atoms with Crippen molar-refractivity contribution in [1.82, 2.24) is 25.5 Å². The van der Waals surface area contributed by atoms with E-state index in [0.717, 1.165) is 12.8 Å². The zero-order valence-corrected chi connectivity index (χ0v) is 22.9. The number of alkyl carbamates (subject to hydrolysis) is 1. The molecular formula is C27H34FN7O4. The molecule has 3 aromatic rings. The summed E-state index contributed by atoms with van der Waals surface area (Å²) in [5.74, 6) is 0.0496. The molecule has 0 spiro atoms. The number of anilines is 3. The highest BCUT2D eigenvalue weighted by Gasteiger charge is 2.34. The second kappa shape index (κ2) is 9.97. The first kappa shape index (κ1) is 26.6. The number of methoxy groups -OCH3 is 1. The van der Waals surface area contributed by atoms with E-state index >= 15 is 4.39 Å². The maximum atomic E-state index is 15.1. The molecule has 3 N–H and O–H groups in total. The van der Waals surface area contributed by atoms with Gasteiger partial charge in [-0.05, 0) is 71.6 Å². The fourth-order valence-electron chi connectivity index (χ4n) is 4.65. The predicted molar refractivity (Wildman–Crippen MR) is 144 cm³/mol. The zero-order valence-electron chi connectivity index (χ0n) is 22.9. The van der Waals surface area contributed by atoms with Gasteiger partial charge >= 0.3 is 12.1 Å². The fraction of sp³-hybridized carbons (Fsp3) is 0.519. The average Bonchev–Trinajstić information content (AvgIpc) is 3.65. The molecule has 2 fully saturated rings. The summed E-state index contributed by atoms with van der Waals surface area (Å²) in [5, 5.41) is 13.5. The summed E-state index contributed by atoms with van der Waals surface area (Å²) >= 11 is 0. The second-order valence-electron chi connectivity index (χ2n) is 11.5. The number of hydrogen-bond donors (Lipinski definition) is 3. The highest BCUT2D eigenvalue weighted by Crippen LogP contribution is 2.42. The number of ether oxygens (including phenoxy) is 2. The van der Waals surface area contributed by atoms with Crippen LogP contribution in [0.25, 0.3) is 10.9 Å². The van der Waals surface area contributed by atoms with Gasteiger partial charge < -0.3 is 25.0 Å². The number of rotatable bonds is 6. The van der Waals surface area contributed by atoms with Crippen molar-refractivity contribution in [2.45, 2.75) is 70.4 Å². The van der Waals surface area contributed by atoms with E-state index in [1.165, 1.54) is 7.11 Å². The van der Waals surface area contributed by atoms with Crippen molar-refractivity contribution in [1.29, 1.82) is 0 Å². The molecule has 0 bridgehead atoms. The largest absolute Gasteiger partial charge is 0.465 e. The standard InChI is InChI=1S/C27H34FN7O4/c1-26(2,3)39-25(37)32-27(4)10-12-35(13-11-27)24-29-18-9-8-16(23(36)38-5)14-17(18)21(31-24)30-22-19(28)20(33-34-22)15-6-7-15/h8-9,14-15H,6-7,10-13H2,1-5H3,(H,32,37)(H2,29,30,31,33,34). The molecule has 2 aliphatic rings. The lowest BCUT2D eigenvalue weighted by Crippen LogP contribution is -2.54. The Kier molecular flexibility index (Phi) is 6.81. The lowest BCUT2D eigenvalue weighted by Gasteiger charge is -2.40. The summed E-state index contributed by atoms with van der Waals surface area (Å²) in [6, 6.07) is 4.97. The molecule has 0 unspecified atom stereocenters. The van der Waals surface area contributed by atoms with Gasteiger partial charge in [0.1, 0.15) is 11.4 Å². The molecule has 3 heterocycles. The summed E-state index contributed by atoms with van der Waals surface area (Å²) in [6.45, 7) is 8.65. The highest BCUT2D eigenvalue weighted by molar-refractivity contribution is 5.99. The minimum absolute atomic E-state index is 0.0408. The minimum Gasteiger partial charge on any atom is -0.465 e. The number of nitrogens with one attached hydrogen (secondary N) is 3. The van der Waals surface area contributed by atoms with Crippen LogP contribution in [0.15, 0.2) is 18.2 Å². The van der Waals surface area contributed by atoms with Crippen LogP contribution in [0.1, 0.15) is 75.3 Å². The number of piperidine rings is 1. The van der Waals surface area contributed by atoms with Crippen molar-refractivity contribution >= 4 is 40.5 Å². The maximum Gasteiger partial charge on any atom is 0.408 e. The summed E-state index contributed by atoms with van der Waals surface area (Å²) < 4.78 is 25.4. The van der Waals surface area contributed by atoms with Crippen LogP contribution in [-0.2, 0) is 9.47 Å². The van der Waals surface area contributed by atoms with Gasteiger partial charge in [0.15, 0.2) is 11.6 Å². The Morgan fingerprint density at radius 3 is 2.51 bits per heavy atom. The fourth-order valence-corrected chi connectivity index (χ4v) is 4.65. The molecule has 1 amide bonds. The Hall–Kier alpha value is -3.96. The molecule has 5 rings (SSSR count). The van der Waals surface area contributed by atoms with Crippen LogP contribution in [-0.4, -0.2) is 63.6 Å². The predicted octanol–water partition coefficient (Wildman–Crippen LogP) is 4.78. The average molecular weight is 540 g/mol. The van der Waals surface area contributed by atoms with Crippen molar-refractivity contribution in [3.63, 3.8) is 0 Å². The topological polar surface area (TPSA) is 134 Å². The first-order valence-corrected chi connectivity index (χ1v) is 13.1. The molecule has 11 nitrogen and oxygen atoms in total. The van der Waals surface area contributed by atoms with E-state index in [2.05, 4.69) is 20.8 Å². The van der Waals surface area contributed by atoms with Gasteiger partial charge in [-0.1, -0.05) is 0 Å². The number of fused-ring (bicyclic) bond motifs is 1. The monoisotopic (exact) mass is 539 g/mol. The normalized spacial score (nSPS) is 17.1.